The average Bonchev–Trinajstić information content (AvgIpc) is 2.95. The molecule has 1 N–H and O–H groups in total. The number of hydrogen-bond donors (Lipinski definition) is 1. The van der Waals surface area contributed by atoms with Crippen molar-refractivity contribution in [1.29, 1.82) is 0 Å². The van der Waals surface area contributed by atoms with Crippen LogP contribution in [0.5, 0.6) is 5.75 Å². The Morgan fingerprint density at radius 1 is 0.919 bits per heavy atom. The minimum atomic E-state index is -0.787. The number of carbonyl (C=O) groups is 2. The van der Waals surface area contributed by atoms with Gasteiger partial charge in [0.05, 0.1) is 13.2 Å². The Labute approximate surface area is 214 Å². The van der Waals surface area contributed by atoms with Crippen LogP contribution < -0.4 is 15.5 Å². The van der Waals surface area contributed by atoms with E-state index in [1.165, 1.54) is 13.3 Å². The van der Waals surface area contributed by atoms with Crippen LogP contribution in [0.2, 0.25) is 0 Å². The first kappa shape index (κ1) is 24.1. The largest absolute Gasteiger partial charge is 0.483 e. The van der Waals surface area contributed by atoms with Crippen molar-refractivity contribution < 1.29 is 19.1 Å². The molecule has 4 aromatic rings. The summed E-state index contributed by atoms with van der Waals surface area (Å²) in [5, 5.41) is 2.94. The molecular formula is C30H26N2O5. The molecule has 7 heteroatoms. The molecule has 0 saturated carbocycles. The quantitative estimate of drug-likeness (QED) is 0.387. The molecule has 1 atom stereocenters. The predicted molar refractivity (Wildman–Crippen MR) is 139 cm³/mol. The Hall–Kier alpha value is -4.65. The zero-order valence-corrected chi connectivity index (χ0v) is 20.3. The van der Waals surface area contributed by atoms with E-state index in [1.54, 1.807) is 4.57 Å². The summed E-state index contributed by atoms with van der Waals surface area (Å²) in [6.07, 6.45) is 1.43. The highest BCUT2D eigenvalue weighted by atomic mass is 16.5. The number of esters is 1. The molecule has 186 valence electrons. The van der Waals surface area contributed by atoms with Gasteiger partial charge >= 0.3 is 5.97 Å². The molecule has 0 bridgehead atoms. The minimum absolute atomic E-state index is 0.0620. The van der Waals surface area contributed by atoms with Gasteiger partial charge in [0.25, 0.3) is 5.91 Å². The lowest BCUT2D eigenvalue weighted by Gasteiger charge is -2.36. The van der Waals surface area contributed by atoms with E-state index in [-0.39, 0.29) is 35.6 Å². The van der Waals surface area contributed by atoms with E-state index in [0.717, 1.165) is 16.7 Å². The number of aromatic nitrogens is 1. The van der Waals surface area contributed by atoms with Crippen molar-refractivity contribution in [1.82, 2.24) is 9.88 Å². The van der Waals surface area contributed by atoms with Crippen molar-refractivity contribution >= 4 is 11.9 Å². The van der Waals surface area contributed by atoms with Gasteiger partial charge < -0.3 is 19.4 Å². The fraction of sp³-hybridized carbons (Fsp3) is 0.167. The summed E-state index contributed by atoms with van der Waals surface area (Å²) in [5.74, 6) is -1.58. The normalized spacial score (nSPS) is 14.5. The molecule has 5 rings (SSSR count). The third-order valence-corrected chi connectivity index (χ3v) is 6.57. The van der Waals surface area contributed by atoms with E-state index in [4.69, 9.17) is 9.47 Å². The van der Waals surface area contributed by atoms with E-state index < -0.39 is 17.3 Å². The smallest absolute Gasteiger partial charge is 0.343 e. The predicted octanol–water partition coefficient (Wildman–Crippen LogP) is 4.33. The Morgan fingerprint density at radius 3 is 2.05 bits per heavy atom. The highest BCUT2D eigenvalue weighted by Crippen LogP contribution is 2.38. The van der Waals surface area contributed by atoms with Gasteiger partial charge in [-0.15, -0.1) is 0 Å². The number of carbonyl (C=O) groups excluding carboxylic acids is 2. The first-order valence-corrected chi connectivity index (χ1v) is 12.0. The first-order valence-electron chi connectivity index (χ1n) is 12.0. The average molecular weight is 495 g/mol. The molecule has 0 fully saturated rings. The molecule has 0 unspecified atom stereocenters. The van der Waals surface area contributed by atoms with E-state index in [2.05, 4.69) is 5.32 Å². The van der Waals surface area contributed by atoms with Crippen molar-refractivity contribution in [2.75, 3.05) is 13.7 Å². The van der Waals surface area contributed by atoms with Gasteiger partial charge in [0.15, 0.2) is 11.4 Å². The van der Waals surface area contributed by atoms with Gasteiger partial charge in [-0.2, -0.15) is 0 Å². The van der Waals surface area contributed by atoms with Gasteiger partial charge in [0.1, 0.15) is 12.2 Å². The number of nitrogens with one attached hydrogen (secondary N) is 1. The number of ether oxygens (including phenoxy) is 2. The number of rotatable bonds is 7. The minimum Gasteiger partial charge on any atom is -0.483 e. The first-order chi connectivity index (χ1) is 18.1. The zero-order chi connectivity index (χ0) is 25.8. The molecule has 0 radical (unpaired) electrons. The van der Waals surface area contributed by atoms with E-state index in [1.807, 2.05) is 91.0 Å². The van der Waals surface area contributed by atoms with Crippen LogP contribution in [0.1, 0.15) is 49.5 Å². The van der Waals surface area contributed by atoms with Gasteiger partial charge in [-0.1, -0.05) is 91.0 Å². The molecule has 1 aromatic heterocycles. The molecule has 0 aliphatic carbocycles. The van der Waals surface area contributed by atoms with E-state index in [9.17, 15) is 14.4 Å². The summed E-state index contributed by atoms with van der Waals surface area (Å²) in [6.45, 7) is 0.356. The number of nitrogens with zero attached hydrogens (tertiary/aromatic N) is 1. The van der Waals surface area contributed by atoms with Gasteiger partial charge in [-0.3, -0.25) is 9.59 Å². The number of pyridine rings is 1. The number of benzene rings is 3. The Kier molecular flexibility index (Phi) is 6.85. The molecular weight excluding hydrogens is 468 g/mol. The topological polar surface area (TPSA) is 86.6 Å². The fourth-order valence-corrected chi connectivity index (χ4v) is 4.83. The maximum absolute atomic E-state index is 13.4. The summed E-state index contributed by atoms with van der Waals surface area (Å²) >= 11 is 0. The second-order valence-corrected chi connectivity index (χ2v) is 8.80. The Morgan fingerprint density at radius 2 is 1.49 bits per heavy atom. The molecule has 0 saturated heterocycles. The molecule has 3 aromatic carbocycles. The van der Waals surface area contributed by atoms with Crippen molar-refractivity contribution in [3.8, 4) is 5.75 Å². The van der Waals surface area contributed by atoms with Crippen LogP contribution in [0.4, 0.5) is 0 Å². The number of methoxy groups -OCH3 is 1. The van der Waals surface area contributed by atoms with Gasteiger partial charge in [-0.05, 0) is 16.7 Å². The van der Waals surface area contributed by atoms with Crippen LogP contribution in [-0.4, -0.2) is 30.1 Å². The third kappa shape index (κ3) is 4.76. The van der Waals surface area contributed by atoms with Crippen LogP contribution in [0, 0.1) is 0 Å². The lowest BCUT2D eigenvalue weighted by Crippen LogP contribution is -2.44. The van der Waals surface area contributed by atoms with Crippen LogP contribution in [0.3, 0.4) is 0 Å². The second kappa shape index (κ2) is 10.5. The monoisotopic (exact) mass is 494 g/mol. The van der Waals surface area contributed by atoms with Crippen molar-refractivity contribution in [2.45, 2.75) is 18.6 Å². The summed E-state index contributed by atoms with van der Waals surface area (Å²) in [6, 6.07) is 28.9. The number of fused-ring (bicyclic) bond motifs is 1. The van der Waals surface area contributed by atoms with Gasteiger partial charge in [-0.25, -0.2) is 4.79 Å². The van der Waals surface area contributed by atoms with Crippen LogP contribution >= 0.6 is 0 Å². The van der Waals surface area contributed by atoms with E-state index in [0.29, 0.717) is 6.54 Å². The fourth-order valence-electron chi connectivity index (χ4n) is 4.83. The third-order valence-electron chi connectivity index (χ3n) is 6.57. The molecule has 37 heavy (non-hydrogen) atoms. The second-order valence-electron chi connectivity index (χ2n) is 8.80. The summed E-state index contributed by atoms with van der Waals surface area (Å²) in [4.78, 5) is 39.3. The van der Waals surface area contributed by atoms with Crippen LogP contribution in [0.25, 0.3) is 0 Å². The maximum Gasteiger partial charge on any atom is 0.343 e. The Bertz CT molecular complexity index is 1430. The summed E-state index contributed by atoms with van der Waals surface area (Å²) in [5.41, 5.74) is 2.11. The lowest BCUT2D eigenvalue weighted by atomic mass is 9.83. The highest BCUT2D eigenvalue weighted by molar-refractivity contribution is 5.98. The number of hydrogen-bond acceptors (Lipinski definition) is 5. The molecule has 0 spiro atoms. The van der Waals surface area contributed by atoms with Crippen molar-refractivity contribution in [2.24, 2.45) is 0 Å². The summed E-state index contributed by atoms with van der Waals surface area (Å²) < 4.78 is 12.6. The SMILES string of the molecule is COC(=O)c1cn2c(c(OCc3ccccc3)c1=O)C(=O)NC[C@@H]2C(c1ccccc1)c1ccccc1. The van der Waals surface area contributed by atoms with Gasteiger partial charge in [0.2, 0.25) is 5.43 Å². The van der Waals surface area contributed by atoms with Gasteiger partial charge in [0, 0.05) is 18.7 Å². The summed E-state index contributed by atoms with van der Waals surface area (Å²) in [7, 11) is 1.22. The standard InChI is InChI=1S/C30H26N2O5/c1-36-30(35)23-18-32-24(25(21-13-7-3-8-14-21)22-15-9-4-10-16-22)17-31-29(34)26(32)28(27(23)33)37-19-20-11-5-2-6-12-20/h2-16,18,24-25H,17,19H2,1H3,(H,31,34)/t24-/m1/s1. The van der Waals surface area contributed by atoms with Crippen LogP contribution in [-0.2, 0) is 11.3 Å². The highest BCUT2D eigenvalue weighted by Gasteiger charge is 2.37. The maximum atomic E-state index is 13.4. The van der Waals surface area contributed by atoms with Crippen molar-refractivity contribution in [3.05, 3.63) is 135 Å². The Balaban J connectivity index is 1.70. The number of amides is 1. The molecule has 2 heterocycles. The lowest BCUT2D eigenvalue weighted by molar-refractivity contribution is 0.0595. The van der Waals surface area contributed by atoms with Crippen LogP contribution in [0.15, 0.2) is 102 Å². The van der Waals surface area contributed by atoms with E-state index >= 15 is 0 Å². The molecule has 1 aliphatic rings. The molecule has 1 aliphatic heterocycles. The van der Waals surface area contributed by atoms with Crippen molar-refractivity contribution in [3.63, 3.8) is 0 Å². The molecule has 7 nitrogen and oxygen atoms in total. The molecule has 1 amide bonds. The zero-order valence-electron chi connectivity index (χ0n) is 20.3.